The molecule has 0 radical (unpaired) electrons. The molecule has 182 valence electrons. The van der Waals surface area contributed by atoms with E-state index in [1.54, 1.807) is 0 Å². The standard InChI is InChI=1S/C30H40N2O2/c1-2-32(28(33)30(16-10-5-11-17-30)25-14-8-4-9-15-25)26-22-27(24-12-6-3-7-13-24)34-29(23-26)18-20-31-21-19-29/h3-4,6-9,12-15,26-27,31H,2,5,10-11,16-23H2,1H3/t26-,27+/m0/s1. The second kappa shape index (κ2) is 10.2. The van der Waals surface area contributed by atoms with E-state index >= 15 is 0 Å². The molecule has 0 aromatic heterocycles. The zero-order valence-corrected chi connectivity index (χ0v) is 20.7. The molecule has 2 aliphatic heterocycles. The molecule has 0 unspecified atom stereocenters. The van der Waals surface area contributed by atoms with Crippen molar-refractivity contribution in [3.63, 3.8) is 0 Å². The number of rotatable bonds is 5. The van der Waals surface area contributed by atoms with Crippen LogP contribution in [0.25, 0.3) is 0 Å². The monoisotopic (exact) mass is 460 g/mol. The Balaban J connectivity index is 1.48. The third kappa shape index (κ3) is 4.55. The lowest BCUT2D eigenvalue weighted by molar-refractivity contribution is -0.174. The molecule has 1 saturated carbocycles. The number of nitrogens with one attached hydrogen (secondary N) is 1. The third-order valence-corrected chi connectivity index (χ3v) is 8.66. The van der Waals surface area contributed by atoms with Crippen molar-refractivity contribution in [2.75, 3.05) is 19.6 Å². The summed E-state index contributed by atoms with van der Waals surface area (Å²) in [6, 6.07) is 21.5. The van der Waals surface area contributed by atoms with Crippen molar-refractivity contribution in [1.82, 2.24) is 10.2 Å². The molecule has 1 spiro atoms. The van der Waals surface area contributed by atoms with Crippen LogP contribution in [0.4, 0.5) is 0 Å². The molecule has 2 atom stereocenters. The molecule has 2 aromatic carbocycles. The summed E-state index contributed by atoms with van der Waals surface area (Å²) in [5, 5.41) is 3.51. The van der Waals surface area contributed by atoms with Gasteiger partial charge in [-0.15, -0.1) is 0 Å². The van der Waals surface area contributed by atoms with Crippen molar-refractivity contribution >= 4 is 5.91 Å². The van der Waals surface area contributed by atoms with Gasteiger partial charge in [0.2, 0.25) is 5.91 Å². The summed E-state index contributed by atoms with van der Waals surface area (Å²) in [4.78, 5) is 16.8. The number of piperidine rings is 1. The van der Waals surface area contributed by atoms with Gasteiger partial charge in [0, 0.05) is 12.6 Å². The van der Waals surface area contributed by atoms with Gasteiger partial charge in [-0.05, 0) is 69.7 Å². The number of hydrogen-bond acceptors (Lipinski definition) is 3. The van der Waals surface area contributed by atoms with Gasteiger partial charge >= 0.3 is 0 Å². The number of nitrogens with zero attached hydrogens (tertiary/aromatic N) is 1. The van der Waals surface area contributed by atoms with E-state index in [0.717, 1.165) is 71.0 Å². The van der Waals surface area contributed by atoms with E-state index in [2.05, 4.69) is 77.8 Å². The summed E-state index contributed by atoms with van der Waals surface area (Å²) in [6.45, 7) is 4.90. The number of amides is 1. The zero-order valence-electron chi connectivity index (χ0n) is 20.7. The van der Waals surface area contributed by atoms with Gasteiger partial charge in [0.15, 0.2) is 0 Å². The fraction of sp³-hybridized carbons (Fsp3) is 0.567. The van der Waals surface area contributed by atoms with Crippen LogP contribution in [0, 0.1) is 0 Å². The molecule has 5 rings (SSSR count). The van der Waals surface area contributed by atoms with Gasteiger partial charge in [-0.3, -0.25) is 4.79 Å². The van der Waals surface area contributed by atoms with Gasteiger partial charge in [0.1, 0.15) is 0 Å². The van der Waals surface area contributed by atoms with Gasteiger partial charge in [-0.1, -0.05) is 79.9 Å². The number of ether oxygens (including phenoxy) is 1. The molecule has 2 aromatic rings. The van der Waals surface area contributed by atoms with E-state index in [1.807, 2.05) is 0 Å². The maximum absolute atomic E-state index is 14.5. The largest absolute Gasteiger partial charge is 0.367 e. The molecular weight excluding hydrogens is 420 g/mol. The molecule has 2 heterocycles. The minimum Gasteiger partial charge on any atom is -0.367 e. The Bertz CT molecular complexity index is 933. The molecule has 34 heavy (non-hydrogen) atoms. The fourth-order valence-electron chi connectivity index (χ4n) is 6.85. The highest BCUT2D eigenvalue weighted by Gasteiger charge is 2.49. The SMILES string of the molecule is CCN(C(=O)C1(c2ccccc2)CCCCC1)[C@H]1C[C@H](c2ccccc2)OC2(CCNCC2)C1. The van der Waals surface area contributed by atoms with E-state index in [1.165, 1.54) is 17.5 Å². The number of carbonyl (C=O) groups excluding carboxylic acids is 1. The molecule has 2 saturated heterocycles. The van der Waals surface area contributed by atoms with Gasteiger partial charge in [0.25, 0.3) is 0 Å². The first-order valence-electron chi connectivity index (χ1n) is 13.5. The van der Waals surface area contributed by atoms with Crippen molar-refractivity contribution in [2.45, 2.75) is 87.9 Å². The molecule has 0 bridgehead atoms. The molecule has 4 nitrogen and oxygen atoms in total. The number of hydrogen-bond donors (Lipinski definition) is 1. The van der Waals surface area contributed by atoms with Gasteiger partial charge in [-0.25, -0.2) is 0 Å². The summed E-state index contributed by atoms with van der Waals surface area (Å²) >= 11 is 0. The normalized spacial score (nSPS) is 26.1. The van der Waals surface area contributed by atoms with Crippen LogP contribution in [-0.4, -0.2) is 42.1 Å². The smallest absolute Gasteiger partial charge is 0.233 e. The second-order valence-electron chi connectivity index (χ2n) is 10.6. The van der Waals surface area contributed by atoms with E-state index in [4.69, 9.17) is 4.74 Å². The molecule has 3 aliphatic rings. The van der Waals surface area contributed by atoms with Crippen LogP contribution in [0.5, 0.6) is 0 Å². The predicted molar refractivity (Wildman–Crippen MR) is 137 cm³/mol. The topological polar surface area (TPSA) is 41.6 Å². The highest BCUT2D eigenvalue weighted by molar-refractivity contribution is 5.88. The highest BCUT2D eigenvalue weighted by atomic mass is 16.5. The first-order valence-corrected chi connectivity index (χ1v) is 13.5. The lowest BCUT2D eigenvalue weighted by Crippen LogP contribution is -2.58. The quantitative estimate of drug-likeness (QED) is 0.615. The Morgan fingerprint density at radius 1 is 0.941 bits per heavy atom. The second-order valence-corrected chi connectivity index (χ2v) is 10.6. The summed E-state index contributed by atoms with van der Waals surface area (Å²) in [5.74, 6) is 0.351. The average Bonchev–Trinajstić information content (AvgIpc) is 2.90. The molecule has 1 aliphatic carbocycles. The van der Waals surface area contributed by atoms with Crippen LogP contribution in [-0.2, 0) is 14.9 Å². The Hall–Kier alpha value is -2.17. The first-order chi connectivity index (χ1) is 16.7. The number of likely N-dealkylation sites (N-methyl/N-ethyl adjacent to an activating group) is 1. The maximum Gasteiger partial charge on any atom is 0.233 e. The molecule has 1 amide bonds. The van der Waals surface area contributed by atoms with Crippen LogP contribution >= 0.6 is 0 Å². The van der Waals surface area contributed by atoms with Crippen LogP contribution in [0.2, 0.25) is 0 Å². The Morgan fingerprint density at radius 3 is 2.24 bits per heavy atom. The molecule has 4 heteroatoms. The van der Waals surface area contributed by atoms with E-state index < -0.39 is 0 Å². The summed E-state index contributed by atoms with van der Waals surface area (Å²) < 4.78 is 6.88. The van der Waals surface area contributed by atoms with Crippen LogP contribution in [0.3, 0.4) is 0 Å². The molecule has 3 fully saturated rings. The Kier molecular flexibility index (Phi) is 7.08. The summed E-state index contributed by atoms with van der Waals surface area (Å²) in [7, 11) is 0. The number of benzene rings is 2. The van der Waals surface area contributed by atoms with Gasteiger partial charge < -0.3 is 15.0 Å². The van der Waals surface area contributed by atoms with Gasteiger partial charge in [0.05, 0.1) is 17.1 Å². The van der Waals surface area contributed by atoms with E-state index in [0.29, 0.717) is 5.91 Å². The minimum absolute atomic E-state index is 0.0407. The average molecular weight is 461 g/mol. The van der Waals surface area contributed by atoms with E-state index in [-0.39, 0.29) is 23.2 Å². The molecular formula is C30H40N2O2. The predicted octanol–water partition coefficient (Wildman–Crippen LogP) is 5.78. The van der Waals surface area contributed by atoms with E-state index in [9.17, 15) is 4.79 Å². The van der Waals surface area contributed by atoms with Crippen molar-refractivity contribution in [1.29, 1.82) is 0 Å². The Morgan fingerprint density at radius 2 is 1.59 bits per heavy atom. The van der Waals surface area contributed by atoms with Crippen molar-refractivity contribution in [3.8, 4) is 0 Å². The highest BCUT2D eigenvalue weighted by Crippen LogP contribution is 2.46. The lowest BCUT2D eigenvalue weighted by Gasteiger charge is -2.51. The van der Waals surface area contributed by atoms with Crippen LogP contribution in [0.15, 0.2) is 60.7 Å². The van der Waals surface area contributed by atoms with Crippen LogP contribution < -0.4 is 5.32 Å². The third-order valence-electron chi connectivity index (χ3n) is 8.66. The summed E-state index contributed by atoms with van der Waals surface area (Å²) in [6.07, 6.45) is 9.33. The fourth-order valence-corrected chi connectivity index (χ4v) is 6.85. The van der Waals surface area contributed by atoms with Crippen molar-refractivity contribution in [2.24, 2.45) is 0 Å². The maximum atomic E-state index is 14.5. The zero-order chi connectivity index (χ0) is 23.4. The first kappa shape index (κ1) is 23.6. The van der Waals surface area contributed by atoms with Crippen molar-refractivity contribution in [3.05, 3.63) is 71.8 Å². The Labute approximate surface area is 205 Å². The minimum atomic E-state index is -0.378. The number of carbonyl (C=O) groups is 1. The molecule has 1 N–H and O–H groups in total. The van der Waals surface area contributed by atoms with Crippen molar-refractivity contribution < 1.29 is 9.53 Å². The van der Waals surface area contributed by atoms with Crippen LogP contribution in [0.1, 0.15) is 81.9 Å². The van der Waals surface area contributed by atoms with Gasteiger partial charge in [-0.2, -0.15) is 0 Å². The lowest BCUT2D eigenvalue weighted by atomic mass is 9.68. The summed E-state index contributed by atoms with van der Waals surface area (Å²) in [5.41, 5.74) is 1.93.